The van der Waals surface area contributed by atoms with Gasteiger partial charge in [0.2, 0.25) is 0 Å². The van der Waals surface area contributed by atoms with Gasteiger partial charge in [0, 0.05) is 30.8 Å². The number of halogens is 1. The number of carboxylic acid groups (broad SMARTS) is 1. The minimum absolute atomic E-state index is 0.0930. The van der Waals surface area contributed by atoms with Crippen LogP contribution in [0.3, 0.4) is 0 Å². The third-order valence-corrected chi connectivity index (χ3v) is 7.20. The van der Waals surface area contributed by atoms with E-state index in [0.717, 1.165) is 28.6 Å². The molecule has 3 aromatic rings. The molecule has 0 aliphatic carbocycles. The van der Waals surface area contributed by atoms with Crippen LogP contribution in [0.25, 0.3) is 0 Å². The van der Waals surface area contributed by atoms with Gasteiger partial charge in [-0.05, 0) is 40.8 Å². The van der Waals surface area contributed by atoms with E-state index in [4.69, 9.17) is 14.2 Å². The minimum Gasteiger partial charge on any atom is -0.530 e. The molecule has 1 amide bonds. The van der Waals surface area contributed by atoms with Crippen LogP contribution in [-0.4, -0.2) is 43.4 Å². The van der Waals surface area contributed by atoms with Crippen molar-refractivity contribution in [3.63, 3.8) is 0 Å². The van der Waals surface area contributed by atoms with Gasteiger partial charge in [-0.3, -0.25) is 0 Å². The van der Waals surface area contributed by atoms with Gasteiger partial charge < -0.3 is 29.0 Å². The van der Waals surface area contributed by atoms with E-state index in [1.54, 1.807) is 0 Å². The van der Waals surface area contributed by atoms with Crippen molar-refractivity contribution in [2.24, 2.45) is 0 Å². The number of alkyl halides is 1. The van der Waals surface area contributed by atoms with Gasteiger partial charge in [-0.1, -0.05) is 82.7 Å². The summed E-state index contributed by atoms with van der Waals surface area (Å²) in [5.74, 6) is 0.901. The molecule has 1 heterocycles. The topological polar surface area (TPSA) is 71.1 Å². The first-order valence-electron chi connectivity index (χ1n) is 12.7. The highest BCUT2D eigenvalue weighted by Gasteiger charge is 2.31. The Kier molecular flexibility index (Phi) is 10.4. The zero-order valence-corrected chi connectivity index (χ0v) is 22.5. The SMILES string of the molecule is O=C([O-])N1CCC(c2ccc(OCCCOCc3ccccc3)cc2)C(OCc2cccc(CBr)c2)C1. The van der Waals surface area contributed by atoms with Crippen LogP contribution >= 0.6 is 15.9 Å². The van der Waals surface area contributed by atoms with Crippen molar-refractivity contribution in [3.05, 3.63) is 101 Å². The normalized spacial score (nSPS) is 17.5. The Balaban J connectivity index is 1.28. The molecule has 0 spiro atoms. The Morgan fingerprint density at radius 2 is 1.68 bits per heavy atom. The van der Waals surface area contributed by atoms with E-state index in [9.17, 15) is 9.90 Å². The van der Waals surface area contributed by atoms with Crippen LogP contribution in [0.5, 0.6) is 5.75 Å². The molecule has 3 aromatic carbocycles. The number of nitrogens with zero attached hydrogens (tertiary/aromatic N) is 1. The summed E-state index contributed by atoms with van der Waals surface area (Å²) in [7, 11) is 0. The van der Waals surface area contributed by atoms with Gasteiger partial charge in [-0.15, -0.1) is 0 Å². The number of carbonyl (C=O) groups is 1. The lowest BCUT2D eigenvalue weighted by molar-refractivity contribution is -0.268. The summed E-state index contributed by atoms with van der Waals surface area (Å²) in [4.78, 5) is 12.9. The molecule has 1 aliphatic heterocycles. The molecule has 0 bridgehead atoms. The number of amides is 1. The Bertz CT molecular complexity index is 1110. The van der Waals surface area contributed by atoms with Crippen molar-refractivity contribution in [2.75, 3.05) is 26.3 Å². The number of piperidine rings is 1. The molecule has 0 N–H and O–H groups in total. The molecule has 1 saturated heterocycles. The maximum Gasteiger partial charge on any atom is 0.137 e. The molecule has 4 rings (SSSR count). The average molecular weight is 568 g/mol. The van der Waals surface area contributed by atoms with Gasteiger partial charge >= 0.3 is 0 Å². The van der Waals surface area contributed by atoms with Crippen LogP contribution in [0.15, 0.2) is 78.9 Å². The van der Waals surface area contributed by atoms with E-state index in [2.05, 4.69) is 52.3 Å². The van der Waals surface area contributed by atoms with Crippen LogP contribution in [0.1, 0.15) is 41.0 Å². The number of benzene rings is 3. The van der Waals surface area contributed by atoms with Crippen LogP contribution in [-0.2, 0) is 28.0 Å². The zero-order chi connectivity index (χ0) is 25.9. The number of hydrogen-bond donors (Lipinski definition) is 0. The van der Waals surface area contributed by atoms with Crippen molar-refractivity contribution in [3.8, 4) is 5.75 Å². The number of ether oxygens (including phenoxy) is 3. The van der Waals surface area contributed by atoms with Crippen LogP contribution in [0.4, 0.5) is 4.79 Å². The highest BCUT2D eigenvalue weighted by molar-refractivity contribution is 9.08. The summed E-state index contributed by atoms with van der Waals surface area (Å²) in [6.45, 7) is 2.99. The van der Waals surface area contributed by atoms with Gasteiger partial charge in [0.15, 0.2) is 0 Å². The largest absolute Gasteiger partial charge is 0.530 e. The molecule has 1 fully saturated rings. The molecule has 0 saturated carbocycles. The fourth-order valence-corrected chi connectivity index (χ4v) is 4.91. The summed E-state index contributed by atoms with van der Waals surface area (Å²) in [6, 6.07) is 26.4. The summed E-state index contributed by atoms with van der Waals surface area (Å²) < 4.78 is 17.9. The summed E-state index contributed by atoms with van der Waals surface area (Å²) in [5.41, 5.74) is 4.53. The van der Waals surface area contributed by atoms with Gasteiger partial charge in [0.25, 0.3) is 0 Å². The Morgan fingerprint density at radius 3 is 2.43 bits per heavy atom. The summed E-state index contributed by atoms with van der Waals surface area (Å²) in [5, 5.41) is 12.3. The van der Waals surface area contributed by atoms with Crippen LogP contribution < -0.4 is 9.84 Å². The molecular formula is C30H33BrNO5-. The smallest absolute Gasteiger partial charge is 0.137 e. The number of hydrogen-bond acceptors (Lipinski definition) is 5. The van der Waals surface area contributed by atoms with E-state index < -0.39 is 6.09 Å². The first-order chi connectivity index (χ1) is 18.1. The van der Waals surface area contributed by atoms with E-state index in [1.165, 1.54) is 16.0 Å². The average Bonchev–Trinajstić information content (AvgIpc) is 2.94. The fourth-order valence-electron chi connectivity index (χ4n) is 4.56. The second-order valence-corrected chi connectivity index (χ2v) is 9.78. The standard InChI is InChI=1S/C30H34BrNO5/c31-19-24-8-4-9-25(18-24)22-37-29-20-32(30(33)34)15-14-28(29)26-10-12-27(13-11-26)36-17-5-16-35-21-23-6-2-1-3-7-23/h1-4,6-13,18,28-29H,5,14-17,19-22H2,(H,33,34)/p-1. The lowest BCUT2D eigenvalue weighted by atomic mass is 9.87. The van der Waals surface area contributed by atoms with Crippen molar-refractivity contribution in [1.82, 2.24) is 4.90 Å². The quantitative estimate of drug-likeness (QED) is 0.220. The Hall–Kier alpha value is -2.87. The van der Waals surface area contributed by atoms with Crippen molar-refractivity contribution in [2.45, 2.75) is 43.4 Å². The van der Waals surface area contributed by atoms with Gasteiger partial charge in [0.1, 0.15) is 11.8 Å². The first-order valence-corrected chi connectivity index (χ1v) is 13.8. The number of rotatable bonds is 12. The molecule has 196 valence electrons. The summed E-state index contributed by atoms with van der Waals surface area (Å²) in [6.07, 6.45) is 0.0826. The summed E-state index contributed by atoms with van der Waals surface area (Å²) >= 11 is 3.49. The van der Waals surface area contributed by atoms with Crippen molar-refractivity contribution in [1.29, 1.82) is 0 Å². The molecule has 37 heavy (non-hydrogen) atoms. The second-order valence-electron chi connectivity index (χ2n) is 9.22. The third kappa shape index (κ3) is 8.32. The molecule has 6 nitrogen and oxygen atoms in total. The maximum absolute atomic E-state index is 11.5. The first kappa shape index (κ1) is 27.2. The van der Waals surface area contributed by atoms with Gasteiger partial charge in [-0.25, -0.2) is 0 Å². The van der Waals surface area contributed by atoms with Crippen molar-refractivity contribution >= 4 is 22.0 Å². The predicted molar refractivity (Wildman–Crippen MR) is 145 cm³/mol. The number of likely N-dealkylation sites (tertiary alicyclic amines) is 1. The third-order valence-electron chi connectivity index (χ3n) is 6.55. The maximum atomic E-state index is 11.5. The van der Waals surface area contributed by atoms with Gasteiger partial charge in [-0.2, -0.15) is 0 Å². The van der Waals surface area contributed by atoms with E-state index >= 15 is 0 Å². The van der Waals surface area contributed by atoms with Crippen molar-refractivity contribution < 1.29 is 24.1 Å². The van der Waals surface area contributed by atoms with Gasteiger partial charge in [0.05, 0.1) is 32.5 Å². The lowest BCUT2D eigenvalue weighted by Gasteiger charge is -2.40. The predicted octanol–water partition coefficient (Wildman–Crippen LogP) is 5.29. The minimum atomic E-state index is -1.15. The number of carbonyl (C=O) groups excluding carboxylic acids is 1. The van der Waals surface area contributed by atoms with E-state index in [0.29, 0.717) is 45.9 Å². The van der Waals surface area contributed by atoms with Crippen LogP contribution in [0, 0.1) is 0 Å². The monoisotopic (exact) mass is 566 g/mol. The molecule has 0 aromatic heterocycles. The molecule has 0 radical (unpaired) electrons. The highest BCUT2D eigenvalue weighted by Crippen LogP contribution is 2.32. The Labute approximate surface area is 227 Å². The molecule has 2 unspecified atom stereocenters. The zero-order valence-electron chi connectivity index (χ0n) is 20.9. The molecule has 1 aliphatic rings. The Morgan fingerprint density at radius 1 is 0.919 bits per heavy atom. The molecule has 2 atom stereocenters. The highest BCUT2D eigenvalue weighted by atomic mass is 79.9. The van der Waals surface area contributed by atoms with E-state index in [-0.39, 0.29) is 12.0 Å². The molecule has 7 heteroatoms. The lowest BCUT2D eigenvalue weighted by Crippen LogP contribution is -2.51. The van der Waals surface area contributed by atoms with Crippen LogP contribution in [0.2, 0.25) is 0 Å². The van der Waals surface area contributed by atoms with E-state index in [1.807, 2.05) is 42.5 Å². The molecular weight excluding hydrogens is 534 g/mol. The second kappa shape index (κ2) is 14.2. The fraction of sp³-hybridized carbons (Fsp3) is 0.367.